The molecule has 0 bridgehead atoms. The van der Waals surface area contributed by atoms with Gasteiger partial charge in [0.1, 0.15) is 24.7 Å². The molecular weight excluding hydrogens is 518 g/mol. The van der Waals surface area contributed by atoms with Crippen LogP contribution in [0.5, 0.6) is 0 Å². The summed E-state index contributed by atoms with van der Waals surface area (Å²) in [6.07, 6.45) is 3.73. The third-order valence-electron chi connectivity index (χ3n) is 6.33. The quantitative estimate of drug-likeness (QED) is 0.158. The van der Waals surface area contributed by atoms with E-state index in [0.717, 1.165) is 0 Å². The maximum atomic E-state index is 13.7. The zero-order chi connectivity index (χ0) is 30.8. The van der Waals surface area contributed by atoms with Crippen molar-refractivity contribution in [1.29, 1.82) is 0 Å². The fourth-order valence-electron chi connectivity index (χ4n) is 4.10. The smallest absolute Gasteiger partial charge is 0.329 e. The number of esters is 1. The highest BCUT2D eigenvalue weighted by atomic mass is 16.5. The van der Waals surface area contributed by atoms with Crippen LogP contribution in [0.3, 0.4) is 0 Å². The fraction of sp³-hybridized carbons (Fsp3) is 0.643. The number of carbonyl (C=O) groups excluding carboxylic acids is 6. The highest BCUT2D eigenvalue weighted by Gasteiger charge is 2.43. The number of ketones is 1. The van der Waals surface area contributed by atoms with Crippen molar-refractivity contribution >= 4 is 35.5 Å². The predicted molar refractivity (Wildman–Crippen MR) is 150 cm³/mol. The Kier molecular flexibility index (Phi) is 12.5. The zero-order valence-corrected chi connectivity index (χ0v) is 24.7. The second-order valence-corrected chi connectivity index (χ2v) is 11.9. The number of hydrogen-bond donors (Lipinski definition) is 4. The van der Waals surface area contributed by atoms with E-state index >= 15 is 0 Å². The van der Waals surface area contributed by atoms with Gasteiger partial charge < -0.3 is 30.9 Å². The normalized spacial score (nSPS) is 17.5. The van der Waals surface area contributed by atoms with Crippen LogP contribution in [-0.2, 0) is 28.7 Å². The van der Waals surface area contributed by atoms with Gasteiger partial charge in [-0.3, -0.25) is 19.2 Å². The topological polar surface area (TPSA) is 163 Å². The number of ether oxygens (including phenoxy) is 1. The Bertz CT molecular complexity index is 996. The number of nitrogens with one attached hydrogen (secondary N) is 4. The minimum absolute atomic E-state index is 0.0140. The molecule has 0 radical (unpaired) electrons. The third kappa shape index (κ3) is 9.80. The highest BCUT2D eigenvalue weighted by Crippen LogP contribution is 2.26. The number of hydrogen-bond acceptors (Lipinski definition) is 7. The summed E-state index contributed by atoms with van der Waals surface area (Å²) >= 11 is 0. The Hall–Kier alpha value is -3.70. The van der Waals surface area contributed by atoms with Gasteiger partial charge in [-0.2, -0.15) is 0 Å². The number of likely N-dealkylation sites (tertiary alicyclic amines) is 1. The maximum absolute atomic E-state index is 13.7. The first-order valence-electron chi connectivity index (χ1n) is 13.3. The van der Waals surface area contributed by atoms with Gasteiger partial charge in [0.15, 0.2) is 0 Å². The summed E-state index contributed by atoms with van der Waals surface area (Å²) in [6.45, 7) is 19.3. The molecule has 0 aliphatic carbocycles. The fourth-order valence-corrected chi connectivity index (χ4v) is 4.10. The second-order valence-electron chi connectivity index (χ2n) is 11.9. The van der Waals surface area contributed by atoms with Gasteiger partial charge >= 0.3 is 12.0 Å². The first-order valence-corrected chi connectivity index (χ1v) is 13.3. The van der Waals surface area contributed by atoms with Crippen LogP contribution >= 0.6 is 0 Å². The molecule has 3 unspecified atom stereocenters. The van der Waals surface area contributed by atoms with Gasteiger partial charge in [0, 0.05) is 13.1 Å². The SMILES string of the molecule is C=CCNC(=O)C(=O)C(C)NC(=O)[C@@H]1CCCN1C(=O)C(NC(=O)NC(C(=O)OCC=C)C(C)(C)C)C(C)(C)C. The van der Waals surface area contributed by atoms with Gasteiger partial charge in [-0.15, -0.1) is 6.58 Å². The number of rotatable bonds is 12. The average molecular weight is 564 g/mol. The molecule has 1 heterocycles. The molecule has 0 aromatic rings. The largest absolute Gasteiger partial charge is 0.460 e. The zero-order valence-electron chi connectivity index (χ0n) is 24.7. The van der Waals surface area contributed by atoms with Gasteiger partial charge in [-0.05, 0) is 30.6 Å². The van der Waals surface area contributed by atoms with Gasteiger partial charge in [-0.25, -0.2) is 9.59 Å². The summed E-state index contributed by atoms with van der Waals surface area (Å²) in [6, 6.07) is -4.78. The number of amides is 5. The van der Waals surface area contributed by atoms with Crippen molar-refractivity contribution in [3.63, 3.8) is 0 Å². The van der Waals surface area contributed by atoms with Gasteiger partial charge in [0.05, 0.1) is 6.04 Å². The maximum Gasteiger partial charge on any atom is 0.329 e. The molecule has 0 saturated carbocycles. The van der Waals surface area contributed by atoms with Crippen LogP contribution < -0.4 is 21.3 Å². The number of Topliss-reactive ketones (excluding diaryl/α,β-unsaturated/α-hetero) is 1. The predicted octanol–water partition coefficient (Wildman–Crippen LogP) is 1.21. The second kappa shape index (κ2) is 14.6. The molecule has 0 aromatic heterocycles. The Morgan fingerprint density at radius 2 is 1.50 bits per heavy atom. The summed E-state index contributed by atoms with van der Waals surface area (Å²) in [7, 11) is 0. The van der Waals surface area contributed by atoms with E-state index in [-0.39, 0.29) is 19.7 Å². The number of nitrogens with zero attached hydrogens (tertiary/aromatic N) is 1. The van der Waals surface area contributed by atoms with E-state index in [1.165, 1.54) is 24.0 Å². The lowest BCUT2D eigenvalue weighted by molar-refractivity contribution is -0.147. The molecule has 224 valence electrons. The van der Waals surface area contributed by atoms with Crippen molar-refractivity contribution < 1.29 is 33.5 Å². The first kappa shape index (κ1) is 34.3. The van der Waals surface area contributed by atoms with Crippen molar-refractivity contribution in [3.8, 4) is 0 Å². The van der Waals surface area contributed by atoms with Crippen LogP contribution in [-0.4, -0.2) is 84.3 Å². The molecule has 5 amide bonds. The minimum atomic E-state index is -1.10. The molecule has 4 N–H and O–H groups in total. The van der Waals surface area contributed by atoms with Crippen molar-refractivity contribution in [2.75, 3.05) is 19.7 Å². The van der Waals surface area contributed by atoms with E-state index in [2.05, 4.69) is 34.4 Å². The van der Waals surface area contributed by atoms with E-state index in [1.807, 2.05) is 0 Å². The molecule has 1 rings (SSSR count). The standard InChI is InChI=1S/C28H45N5O7/c1-10-14-29-23(36)19(34)17(3)30-22(35)18-13-12-15-33(18)24(37)20(27(4,5)6)31-26(39)32-21(28(7,8)9)25(38)40-16-11-2/h10-11,17-18,20-21H,1-2,12-16H2,3-9H3,(H,29,36)(H,30,35)(H2,31,32,39)/t17?,18-,20?,21?/m0/s1. The molecule has 0 aromatic carbocycles. The molecule has 0 spiro atoms. The molecule has 40 heavy (non-hydrogen) atoms. The van der Waals surface area contributed by atoms with Crippen LogP contribution in [0.15, 0.2) is 25.3 Å². The summed E-state index contributed by atoms with van der Waals surface area (Å²) in [4.78, 5) is 78.0. The summed E-state index contributed by atoms with van der Waals surface area (Å²) < 4.78 is 5.13. The Morgan fingerprint density at radius 3 is 2.02 bits per heavy atom. The van der Waals surface area contributed by atoms with Crippen LogP contribution in [0.1, 0.15) is 61.3 Å². The Balaban J connectivity index is 3.04. The van der Waals surface area contributed by atoms with E-state index in [4.69, 9.17) is 4.74 Å². The van der Waals surface area contributed by atoms with Crippen molar-refractivity contribution in [2.24, 2.45) is 10.8 Å². The van der Waals surface area contributed by atoms with Crippen LogP contribution in [0, 0.1) is 10.8 Å². The molecule has 1 saturated heterocycles. The van der Waals surface area contributed by atoms with E-state index < -0.39 is 70.5 Å². The molecule has 4 atom stereocenters. The number of carbonyl (C=O) groups is 6. The molecular formula is C28H45N5O7. The van der Waals surface area contributed by atoms with E-state index in [0.29, 0.717) is 12.8 Å². The van der Waals surface area contributed by atoms with Crippen molar-refractivity contribution in [3.05, 3.63) is 25.3 Å². The highest BCUT2D eigenvalue weighted by molar-refractivity contribution is 6.38. The number of urea groups is 1. The molecule has 12 heteroatoms. The van der Waals surface area contributed by atoms with Crippen LogP contribution in [0.4, 0.5) is 4.79 Å². The lowest BCUT2D eigenvalue weighted by Gasteiger charge is -2.36. The molecule has 1 aliphatic rings. The minimum Gasteiger partial charge on any atom is -0.460 e. The molecule has 1 aliphatic heterocycles. The van der Waals surface area contributed by atoms with Gasteiger partial charge in [-0.1, -0.05) is 60.3 Å². The van der Waals surface area contributed by atoms with Crippen molar-refractivity contribution in [1.82, 2.24) is 26.2 Å². The van der Waals surface area contributed by atoms with Crippen LogP contribution in [0.25, 0.3) is 0 Å². The molecule has 1 fully saturated rings. The third-order valence-corrected chi connectivity index (χ3v) is 6.33. The average Bonchev–Trinajstić information content (AvgIpc) is 3.35. The summed E-state index contributed by atoms with van der Waals surface area (Å²) in [5, 5.41) is 10.2. The van der Waals surface area contributed by atoms with Crippen LogP contribution in [0.2, 0.25) is 0 Å². The summed E-state index contributed by atoms with van der Waals surface area (Å²) in [5.41, 5.74) is -1.45. The lowest BCUT2D eigenvalue weighted by Crippen LogP contribution is -2.61. The first-order chi connectivity index (χ1) is 18.4. The van der Waals surface area contributed by atoms with E-state index in [9.17, 15) is 28.8 Å². The van der Waals surface area contributed by atoms with Gasteiger partial charge in [0.2, 0.25) is 17.6 Å². The van der Waals surface area contributed by atoms with Crippen molar-refractivity contribution in [2.45, 2.75) is 85.5 Å². The van der Waals surface area contributed by atoms with E-state index in [1.54, 1.807) is 41.5 Å². The molecule has 12 nitrogen and oxygen atoms in total. The monoisotopic (exact) mass is 563 g/mol. The summed E-state index contributed by atoms with van der Waals surface area (Å²) in [5.74, 6) is -3.36. The Morgan fingerprint density at radius 1 is 0.925 bits per heavy atom. The Labute approximate surface area is 236 Å². The lowest BCUT2D eigenvalue weighted by atomic mass is 9.85. The van der Waals surface area contributed by atoms with Gasteiger partial charge in [0.25, 0.3) is 5.91 Å².